The van der Waals surface area contributed by atoms with Gasteiger partial charge in [-0.25, -0.2) is 13.6 Å². The molecule has 0 aliphatic carbocycles. The van der Waals surface area contributed by atoms with Crippen LogP contribution in [0, 0.1) is 0 Å². The molecule has 2 amide bonds. The number of nitrogens with two attached hydrogens (primary N) is 1. The second-order valence-corrected chi connectivity index (χ2v) is 7.23. The van der Waals surface area contributed by atoms with Crippen LogP contribution in [0.1, 0.15) is 22.8 Å². The van der Waals surface area contributed by atoms with E-state index in [2.05, 4.69) is 10.9 Å². The molecule has 0 fully saturated rings. The van der Waals surface area contributed by atoms with Gasteiger partial charge in [-0.2, -0.15) is 0 Å². The highest BCUT2D eigenvalue weighted by Gasteiger charge is 2.13. The van der Waals surface area contributed by atoms with Crippen molar-refractivity contribution in [1.82, 2.24) is 10.9 Å². The van der Waals surface area contributed by atoms with E-state index < -0.39 is 21.8 Å². The maximum atomic E-state index is 12.2. The zero-order valence-electron chi connectivity index (χ0n) is 15.4. The highest BCUT2D eigenvalue weighted by atomic mass is 32.2. The van der Waals surface area contributed by atoms with Crippen LogP contribution in [0.25, 0.3) is 0 Å². The number of methoxy groups -OCH3 is 1. The van der Waals surface area contributed by atoms with Crippen LogP contribution in [0.4, 0.5) is 0 Å². The zero-order chi connectivity index (χ0) is 20.7. The fourth-order valence-corrected chi connectivity index (χ4v) is 2.82. The molecule has 10 heteroatoms. The van der Waals surface area contributed by atoms with Crippen molar-refractivity contribution in [2.24, 2.45) is 5.14 Å². The summed E-state index contributed by atoms with van der Waals surface area (Å²) in [6, 6.07) is 10.2. The minimum Gasteiger partial charge on any atom is -0.493 e. The Morgan fingerprint density at radius 3 is 2.29 bits per heavy atom. The Morgan fingerprint density at radius 2 is 1.71 bits per heavy atom. The molecule has 0 heterocycles. The molecule has 0 unspecified atom stereocenters. The number of carbonyl (C=O) groups is 2. The molecular formula is C18H21N3O6S. The van der Waals surface area contributed by atoms with Gasteiger partial charge in [0.05, 0.1) is 25.0 Å². The second kappa shape index (κ2) is 9.20. The number of nitrogens with one attached hydrogen (secondary N) is 2. The third-order valence-electron chi connectivity index (χ3n) is 3.66. The fraction of sp³-hybridized carbons (Fsp3) is 0.222. The molecule has 0 aromatic heterocycles. The molecule has 0 radical (unpaired) electrons. The third-order valence-corrected chi connectivity index (χ3v) is 4.59. The van der Waals surface area contributed by atoms with Crippen molar-refractivity contribution < 1.29 is 27.5 Å². The molecule has 0 bridgehead atoms. The van der Waals surface area contributed by atoms with E-state index in [4.69, 9.17) is 14.6 Å². The lowest BCUT2D eigenvalue weighted by atomic mass is 10.1. The van der Waals surface area contributed by atoms with Crippen molar-refractivity contribution in [1.29, 1.82) is 0 Å². The van der Waals surface area contributed by atoms with Crippen molar-refractivity contribution in [3.05, 3.63) is 53.6 Å². The van der Waals surface area contributed by atoms with Crippen molar-refractivity contribution in [2.75, 3.05) is 13.7 Å². The summed E-state index contributed by atoms with van der Waals surface area (Å²) in [5, 5.41) is 5.02. The van der Waals surface area contributed by atoms with Crippen LogP contribution in [0.5, 0.6) is 11.5 Å². The number of amides is 2. The molecule has 0 saturated heterocycles. The van der Waals surface area contributed by atoms with Gasteiger partial charge in [0.2, 0.25) is 15.9 Å². The van der Waals surface area contributed by atoms with Crippen LogP contribution < -0.4 is 25.5 Å². The van der Waals surface area contributed by atoms with E-state index >= 15 is 0 Å². The van der Waals surface area contributed by atoms with E-state index in [9.17, 15) is 18.0 Å². The number of sulfonamides is 1. The molecule has 2 aromatic rings. The number of rotatable bonds is 7. The van der Waals surface area contributed by atoms with Gasteiger partial charge in [-0.3, -0.25) is 20.4 Å². The van der Waals surface area contributed by atoms with E-state index in [1.807, 2.05) is 6.92 Å². The topological polar surface area (TPSA) is 137 Å². The van der Waals surface area contributed by atoms with Crippen LogP contribution in [0.2, 0.25) is 0 Å². The lowest BCUT2D eigenvalue weighted by molar-refractivity contribution is -0.121. The fourth-order valence-electron chi connectivity index (χ4n) is 2.31. The molecule has 0 atom stereocenters. The van der Waals surface area contributed by atoms with Crippen molar-refractivity contribution >= 4 is 21.8 Å². The van der Waals surface area contributed by atoms with Gasteiger partial charge in [0, 0.05) is 5.56 Å². The number of benzene rings is 2. The molecule has 150 valence electrons. The number of hydrogen-bond acceptors (Lipinski definition) is 6. The van der Waals surface area contributed by atoms with Gasteiger partial charge in [0.25, 0.3) is 5.91 Å². The molecular weight excluding hydrogens is 386 g/mol. The summed E-state index contributed by atoms with van der Waals surface area (Å²) in [5.41, 5.74) is 5.44. The lowest BCUT2D eigenvalue weighted by Crippen LogP contribution is -2.42. The third kappa shape index (κ3) is 5.69. The molecule has 0 aliphatic rings. The number of carbonyl (C=O) groups excluding carboxylic acids is 2. The number of ether oxygens (including phenoxy) is 2. The first-order valence-corrected chi connectivity index (χ1v) is 9.81. The Bertz CT molecular complexity index is 958. The highest BCUT2D eigenvalue weighted by molar-refractivity contribution is 7.89. The number of primary sulfonamides is 1. The van der Waals surface area contributed by atoms with Crippen LogP contribution >= 0.6 is 0 Å². The van der Waals surface area contributed by atoms with E-state index in [0.717, 1.165) is 0 Å². The second-order valence-electron chi connectivity index (χ2n) is 5.67. The first-order chi connectivity index (χ1) is 13.2. The Labute approximate surface area is 162 Å². The predicted octanol–water partition coefficient (Wildman–Crippen LogP) is 0.745. The van der Waals surface area contributed by atoms with Gasteiger partial charge in [-0.15, -0.1) is 0 Å². The Morgan fingerprint density at radius 1 is 1.04 bits per heavy atom. The van der Waals surface area contributed by atoms with Crippen molar-refractivity contribution in [3.63, 3.8) is 0 Å². The largest absolute Gasteiger partial charge is 0.493 e. The molecule has 2 rings (SSSR count). The number of hydrazine groups is 1. The number of hydrogen-bond donors (Lipinski definition) is 3. The van der Waals surface area contributed by atoms with E-state index in [1.54, 1.807) is 12.1 Å². The van der Waals surface area contributed by atoms with E-state index in [1.165, 1.54) is 37.4 Å². The Hall–Kier alpha value is -3.11. The Kier molecular flexibility index (Phi) is 6.96. The Balaban J connectivity index is 1.94. The van der Waals surface area contributed by atoms with E-state index in [0.29, 0.717) is 23.7 Å². The summed E-state index contributed by atoms with van der Waals surface area (Å²) in [6.07, 6.45) is -0.0578. The van der Waals surface area contributed by atoms with Gasteiger partial charge in [-0.1, -0.05) is 12.1 Å². The van der Waals surface area contributed by atoms with Crippen LogP contribution in [0.3, 0.4) is 0 Å². The van der Waals surface area contributed by atoms with Crippen molar-refractivity contribution in [3.8, 4) is 11.5 Å². The maximum absolute atomic E-state index is 12.2. The average molecular weight is 407 g/mol. The van der Waals surface area contributed by atoms with Gasteiger partial charge < -0.3 is 9.47 Å². The predicted molar refractivity (Wildman–Crippen MR) is 101 cm³/mol. The monoisotopic (exact) mass is 407 g/mol. The molecule has 4 N–H and O–H groups in total. The summed E-state index contributed by atoms with van der Waals surface area (Å²) in [6.45, 7) is 2.29. The lowest BCUT2D eigenvalue weighted by Gasteiger charge is -2.11. The highest BCUT2D eigenvalue weighted by Crippen LogP contribution is 2.27. The maximum Gasteiger partial charge on any atom is 0.269 e. The van der Waals surface area contributed by atoms with Gasteiger partial charge >= 0.3 is 0 Å². The normalized spacial score (nSPS) is 10.8. The molecule has 2 aromatic carbocycles. The minimum atomic E-state index is -3.79. The van der Waals surface area contributed by atoms with Crippen LogP contribution in [-0.2, 0) is 21.2 Å². The standard InChI is InChI=1S/C18H21N3O6S/c1-3-27-15-9-6-13(11-16(15)26-2)18(23)21-20-17(22)10-12-4-7-14(8-5-12)28(19,24)25/h4-9,11H,3,10H2,1-2H3,(H,20,22)(H,21,23)(H2,19,24,25). The minimum absolute atomic E-state index is 0.0468. The van der Waals surface area contributed by atoms with Crippen molar-refractivity contribution in [2.45, 2.75) is 18.2 Å². The summed E-state index contributed by atoms with van der Waals surface area (Å²) in [5.74, 6) is -0.0989. The summed E-state index contributed by atoms with van der Waals surface area (Å²) < 4.78 is 33.0. The smallest absolute Gasteiger partial charge is 0.269 e. The molecule has 28 heavy (non-hydrogen) atoms. The average Bonchev–Trinajstić information content (AvgIpc) is 2.66. The van der Waals surface area contributed by atoms with Crippen LogP contribution in [-0.4, -0.2) is 33.9 Å². The summed E-state index contributed by atoms with van der Waals surface area (Å²) in [7, 11) is -2.33. The summed E-state index contributed by atoms with van der Waals surface area (Å²) >= 11 is 0. The zero-order valence-corrected chi connectivity index (χ0v) is 16.2. The summed E-state index contributed by atoms with van der Waals surface area (Å²) in [4.78, 5) is 24.1. The van der Waals surface area contributed by atoms with Gasteiger partial charge in [-0.05, 0) is 42.8 Å². The first kappa shape index (κ1) is 21.2. The molecule has 0 saturated carbocycles. The first-order valence-electron chi connectivity index (χ1n) is 8.26. The molecule has 9 nitrogen and oxygen atoms in total. The van der Waals surface area contributed by atoms with Gasteiger partial charge in [0.15, 0.2) is 11.5 Å². The van der Waals surface area contributed by atoms with E-state index in [-0.39, 0.29) is 16.9 Å². The SMILES string of the molecule is CCOc1ccc(C(=O)NNC(=O)Cc2ccc(S(N)(=O)=O)cc2)cc1OC. The molecule has 0 spiro atoms. The molecule has 0 aliphatic heterocycles. The van der Waals surface area contributed by atoms with Gasteiger partial charge in [0.1, 0.15) is 0 Å². The quantitative estimate of drug-likeness (QED) is 0.579. The van der Waals surface area contributed by atoms with Crippen LogP contribution in [0.15, 0.2) is 47.4 Å².